The molecule has 0 saturated carbocycles. The summed E-state index contributed by atoms with van der Waals surface area (Å²) in [6.45, 7) is 4.89. The minimum Gasteiger partial charge on any atom is -1.00 e. The smallest absolute Gasteiger partial charge is 1.00 e. The fourth-order valence-corrected chi connectivity index (χ4v) is 5.85. The summed E-state index contributed by atoms with van der Waals surface area (Å²) in [6, 6.07) is 0. The third-order valence-electron chi connectivity index (χ3n) is 8.80. The van der Waals surface area contributed by atoms with Gasteiger partial charge in [0.2, 0.25) is 0 Å². The second kappa shape index (κ2) is 44.1. The number of rotatable bonds is 35. The molecule has 0 aromatic carbocycles. The molecule has 0 heterocycles. The van der Waals surface area contributed by atoms with Crippen molar-refractivity contribution in [1.29, 1.82) is 0 Å². The van der Waals surface area contributed by atoms with E-state index in [-0.39, 0.29) is 63.3 Å². The summed E-state index contributed by atoms with van der Waals surface area (Å²) in [5.74, 6) is -1.90. The van der Waals surface area contributed by atoms with Crippen LogP contribution in [-0.2, 0) is 23.9 Å². The fraction of sp³-hybridized carbons (Fsp3) is 0.875. The van der Waals surface area contributed by atoms with E-state index in [9.17, 15) is 14.4 Å². The quantitative estimate of drug-likeness (QED) is 0.0219. The Morgan fingerprint density at radius 3 is 1.04 bits per heavy atom. The van der Waals surface area contributed by atoms with Crippen LogP contribution in [0.4, 0.5) is 0 Å². The first kappa shape index (κ1) is 51.5. The van der Waals surface area contributed by atoms with Crippen molar-refractivity contribution in [2.45, 2.75) is 219 Å². The van der Waals surface area contributed by atoms with Crippen LogP contribution >= 0.6 is 0 Å². The van der Waals surface area contributed by atoms with Crippen LogP contribution in [-0.4, -0.2) is 47.6 Å². The number of hydrogen-bond donors (Lipinski definition) is 0. The van der Waals surface area contributed by atoms with Gasteiger partial charge in [-0.05, 0) is 12.8 Å². The molecule has 0 fully saturated rings. The molecule has 0 unspecified atom stereocenters. The Bertz CT molecular complexity index is 716. The number of ether oxygens (including phenoxy) is 2. The Hall–Kier alpha value is 0.116. The molecule has 0 aliphatic rings. The average Bonchev–Trinajstić information content (AvgIpc) is 3.03. The second-order valence-electron chi connectivity index (χ2n) is 13.3. The summed E-state index contributed by atoms with van der Waals surface area (Å²) in [6.07, 6.45) is 42.0. The van der Waals surface area contributed by atoms with Crippen molar-refractivity contribution >= 4 is 41.0 Å². The minimum absolute atomic E-state index is 0. The summed E-state index contributed by atoms with van der Waals surface area (Å²) in [7, 11) is 0. The van der Waals surface area contributed by atoms with Crippen LogP contribution in [0.3, 0.4) is 0 Å². The summed E-state index contributed by atoms with van der Waals surface area (Å²) < 4.78 is 9.94. The van der Waals surface area contributed by atoms with Crippen molar-refractivity contribution in [3.8, 4) is 0 Å². The second-order valence-corrected chi connectivity index (χ2v) is 13.3. The molecule has 0 aliphatic heterocycles. The van der Waals surface area contributed by atoms with Gasteiger partial charge in [-0.25, -0.2) is 9.59 Å². The molecule has 0 radical (unpaired) electrons. The van der Waals surface area contributed by atoms with E-state index < -0.39 is 17.9 Å². The van der Waals surface area contributed by atoms with Crippen LogP contribution < -0.4 is 29.6 Å². The number of esters is 3. The van der Waals surface area contributed by atoms with Gasteiger partial charge in [-0.15, -0.1) is 0 Å². The Kier molecular flexibility index (Phi) is 48.3. The molecule has 0 rings (SSSR count). The van der Waals surface area contributed by atoms with Crippen molar-refractivity contribution in [1.82, 2.24) is 0 Å². The monoisotopic (exact) mass is 685 g/mol. The fourth-order valence-electron chi connectivity index (χ4n) is 5.85. The molecule has 0 N–H and O–H groups in total. The van der Waals surface area contributed by atoms with Gasteiger partial charge in [0.05, 0.1) is 6.61 Å². The van der Waals surface area contributed by atoms with E-state index in [1.54, 1.807) is 0 Å². The first-order valence-corrected chi connectivity index (χ1v) is 19.7. The zero-order valence-corrected chi connectivity index (χ0v) is 35.2. The normalized spacial score (nSPS) is 10.9. The topological polar surface area (TPSA) is 69.7 Å². The third-order valence-corrected chi connectivity index (χ3v) is 8.80. The number of carbonyl (C=O) groups excluding carboxylic acids is 3. The van der Waals surface area contributed by atoms with Gasteiger partial charge in [0.25, 0.3) is 0 Å². The van der Waals surface area contributed by atoms with Gasteiger partial charge >= 0.3 is 70.5 Å². The average molecular weight is 685 g/mol. The van der Waals surface area contributed by atoms with Gasteiger partial charge in [0.15, 0.2) is 0 Å². The summed E-state index contributed by atoms with van der Waals surface area (Å²) in [5, 5.41) is 0. The minimum atomic E-state index is -0.805. The van der Waals surface area contributed by atoms with Crippen LogP contribution in [0.1, 0.15) is 224 Å². The summed E-state index contributed by atoms with van der Waals surface area (Å²) >= 11 is 0. The van der Waals surface area contributed by atoms with E-state index in [2.05, 4.69) is 13.8 Å². The first-order valence-electron chi connectivity index (χ1n) is 19.7. The Balaban J connectivity index is -0.000000968. The molecular formula is C40H77MgNaO5. The third kappa shape index (κ3) is 44.1. The van der Waals surface area contributed by atoms with Crippen LogP contribution in [0.5, 0.6) is 0 Å². The van der Waals surface area contributed by atoms with E-state index in [0.717, 1.165) is 44.3 Å². The van der Waals surface area contributed by atoms with E-state index in [1.807, 2.05) is 0 Å². The van der Waals surface area contributed by atoms with Gasteiger partial charge in [-0.1, -0.05) is 200 Å². The van der Waals surface area contributed by atoms with E-state index in [4.69, 9.17) is 9.47 Å². The molecule has 0 bridgehead atoms. The molecule has 0 amide bonds. The molecule has 0 spiro atoms. The largest absolute Gasteiger partial charge is 2.00 e. The van der Waals surface area contributed by atoms with Crippen molar-refractivity contribution < 1.29 is 57.7 Å². The van der Waals surface area contributed by atoms with Gasteiger partial charge in [0, 0.05) is 18.6 Å². The Morgan fingerprint density at radius 2 is 0.702 bits per heavy atom. The summed E-state index contributed by atoms with van der Waals surface area (Å²) in [5.41, 5.74) is 0. The number of carbonyl (C=O) groups is 3. The van der Waals surface area contributed by atoms with E-state index in [0.29, 0.717) is 6.61 Å². The molecule has 5 nitrogen and oxygen atoms in total. The SMILES string of the molecule is CCCCCCCCCCCCCCCCCCOC(=O)/C=C/C(=O)OC(=O)CCCCCCCCCCCCCCCCC.[H-].[H-].[H-].[Mg+2].[Na+]. The van der Waals surface area contributed by atoms with Gasteiger partial charge < -0.3 is 13.8 Å². The molecular weight excluding hydrogens is 608 g/mol. The molecule has 0 aliphatic carbocycles. The zero-order chi connectivity index (χ0) is 32.9. The molecule has 0 aromatic rings. The van der Waals surface area contributed by atoms with Crippen LogP contribution in [0.2, 0.25) is 0 Å². The number of hydrogen-bond acceptors (Lipinski definition) is 5. The van der Waals surface area contributed by atoms with Crippen LogP contribution in [0, 0.1) is 0 Å². The molecule has 270 valence electrons. The molecule has 0 atom stereocenters. The molecule has 0 aromatic heterocycles. The maximum absolute atomic E-state index is 11.9. The van der Waals surface area contributed by atoms with Gasteiger partial charge in [-0.3, -0.25) is 4.79 Å². The molecule has 47 heavy (non-hydrogen) atoms. The van der Waals surface area contributed by atoms with Crippen molar-refractivity contribution in [3.05, 3.63) is 12.2 Å². The number of unbranched alkanes of at least 4 members (excludes halogenated alkanes) is 29. The van der Waals surface area contributed by atoms with Crippen LogP contribution in [0.15, 0.2) is 12.2 Å². The van der Waals surface area contributed by atoms with Crippen molar-refractivity contribution in [2.24, 2.45) is 0 Å². The zero-order valence-electron chi connectivity index (χ0n) is 34.7. The Labute approximate surface area is 334 Å². The summed E-state index contributed by atoms with van der Waals surface area (Å²) in [4.78, 5) is 35.5. The van der Waals surface area contributed by atoms with Gasteiger partial charge in [-0.2, -0.15) is 0 Å². The first-order chi connectivity index (χ1) is 22.1. The molecule has 7 heteroatoms. The standard InChI is InChI=1S/C40H74O5.Mg.Na.3H/c1-3-5-7-9-11-13-15-17-19-21-23-25-27-29-31-33-37-44-38(41)35-36-40(43)45-39(42)34-32-30-28-26-24-22-20-18-16-14-12-10-8-6-4-2;;;;;/h35-36H,3-34,37H2,1-2H3;;;;;/q;+2;+1;3*-1/b36-35+;;;;;. The van der Waals surface area contributed by atoms with Gasteiger partial charge in [0.1, 0.15) is 0 Å². The van der Waals surface area contributed by atoms with Crippen molar-refractivity contribution in [3.63, 3.8) is 0 Å². The predicted molar refractivity (Wildman–Crippen MR) is 199 cm³/mol. The van der Waals surface area contributed by atoms with Crippen LogP contribution in [0.25, 0.3) is 0 Å². The molecule has 0 saturated heterocycles. The van der Waals surface area contributed by atoms with Crippen molar-refractivity contribution in [2.75, 3.05) is 6.61 Å². The van der Waals surface area contributed by atoms with E-state index >= 15 is 0 Å². The Morgan fingerprint density at radius 1 is 0.426 bits per heavy atom. The maximum Gasteiger partial charge on any atom is 2.00 e. The maximum atomic E-state index is 11.9. The van der Waals surface area contributed by atoms with E-state index in [1.165, 1.54) is 167 Å². The predicted octanol–water partition coefficient (Wildman–Crippen LogP) is 9.64.